The quantitative estimate of drug-likeness (QED) is 0.850. The zero-order valence-corrected chi connectivity index (χ0v) is 13.1. The molecule has 1 amide bonds. The second kappa shape index (κ2) is 7.26. The molecular weight excluding hydrogens is 294 g/mol. The van der Waals surface area contributed by atoms with Crippen LogP contribution in [0.2, 0.25) is 0 Å². The van der Waals surface area contributed by atoms with E-state index in [4.69, 9.17) is 5.73 Å². The van der Waals surface area contributed by atoms with Gasteiger partial charge in [-0.1, -0.05) is 26.0 Å². The number of amides is 1. The van der Waals surface area contributed by atoms with Crippen LogP contribution in [0.4, 0.5) is 10.8 Å². The molecule has 20 heavy (non-hydrogen) atoms. The molecule has 108 valence electrons. The van der Waals surface area contributed by atoms with E-state index in [0.29, 0.717) is 23.2 Å². The fourth-order valence-electron chi connectivity index (χ4n) is 1.59. The number of carbonyl (C=O) groups is 1. The number of benzene rings is 1. The standard InChI is InChI=1S/C14H17N3OS.ClH/c1-9(2)12-8-19-14(16-12)17-13(18)7-10-3-5-11(15)6-4-10;/h3-6,8-9H,7,15H2,1-2H3,(H,16,17,18);1H. The van der Waals surface area contributed by atoms with E-state index in [0.717, 1.165) is 11.3 Å². The molecule has 2 rings (SSSR count). The third-order valence-electron chi connectivity index (χ3n) is 2.70. The molecule has 0 aliphatic heterocycles. The van der Waals surface area contributed by atoms with Gasteiger partial charge in [0.2, 0.25) is 5.91 Å². The van der Waals surface area contributed by atoms with Crippen molar-refractivity contribution in [3.63, 3.8) is 0 Å². The van der Waals surface area contributed by atoms with E-state index in [9.17, 15) is 4.79 Å². The fraction of sp³-hybridized carbons (Fsp3) is 0.286. The van der Waals surface area contributed by atoms with E-state index >= 15 is 0 Å². The molecule has 0 unspecified atom stereocenters. The van der Waals surface area contributed by atoms with Crippen LogP contribution in [-0.2, 0) is 11.2 Å². The first-order valence-electron chi connectivity index (χ1n) is 6.14. The molecule has 0 saturated heterocycles. The maximum absolute atomic E-state index is 11.9. The van der Waals surface area contributed by atoms with E-state index in [-0.39, 0.29) is 18.3 Å². The van der Waals surface area contributed by atoms with Crippen molar-refractivity contribution in [1.82, 2.24) is 4.98 Å². The summed E-state index contributed by atoms with van der Waals surface area (Å²) >= 11 is 1.46. The maximum atomic E-state index is 11.9. The Kier molecular flexibility index (Phi) is 5.98. The molecule has 0 bridgehead atoms. The van der Waals surface area contributed by atoms with Gasteiger partial charge in [0.1, 0.15) is 0 Å². The molecule has 0 radical (unpaired) electrons. The molecule has 2 aromatic rings. The highest BCUT2D eigenvalue weighted by Crippen LogP contribution is 2.21. The van der Waals surface area contributed by atoms with Crippen LogP contribution in [0.15, 0.2) is 29.6 Å². The van der Waals surface area contributed by atoms with Crippen LogP contribution in [0.25, 0.3) is 0 Å². The number of nitrogens with two attached hydrogens (primary N) is 1. The lowest BCUT2D eigenvalue weighted by Crippen LogP contribution is -2.14. The molecule has 0 spiro atoms. The number of nitrogens with zero attached hydrogens (tertiary/aromatic N) is 1. The zero-order chi connectivity index (χ0) is 13.8. The number of carbonyl (C=O) groups excluding carboxylic acids is 1. The predicted octanol–water partition coefficient (Wildman–Crippen LogP) is 3.45. The van der Waals surface area contributed by atoms with Crippen LogP contribution in [0.1, 0.15) is 31.0 Å². The van der Waals surface area contributed by atoms with Gasteiger partial charge in [0, 0.05) is 11.1 Å². The average Bonchev–Trinajstić information content (AvgIpc) is 2.80. The van der Waals surface area contributed by atoms with E-state index < -0.39 is 0 Å². The molecule has 1 heterocycles. The molecule has 0 saturated carbocycles. The van der Waals surface area contributed by atoms with Crippen LogP contribution >= 0.6 is 23.7 Å². The molecule has 3 N–H and O–H groups in total. The van der Waals surface area contributed by atoms with Gasteiger partial charge in [-0.05, 0) is 23.6 Å². The van der Waals surface area contributed by atoms with Crippen molar-refractivity contribution in [2.45, 2.75) is 26.2 Å². The highest BCUT2D eigenvalue weighted by Gasteiger charge is 2.09. The minimum absolute atomic E-state index is 0. The Morgan fingerprint density at radius 3 is 2.55 bits per heavy atom. The van der Waals surface area contributed by atoms with Gasteiger partial charge in [-0.25, -0.2) is 4.98 Å². The minimum atomic E-state index is -0.0607. The molecule has 1 aromatic carbocycles. The SMILES string of the molecule is CC(C)c1csc(NC(=O)Cc2ccc(N)cc2)n1.Cl. The van der Waals surface area contributed by atoms with Gasteiger partial charge < -0.3 is 11.1 Å². The van der Waals surface area contributed by atoms with Gasteiger partial charge in [0.05, 0.1) is 12.1 Å². The monoisotopic (exact) mass is 311 g/mol. The van der Waals surface area contributed by atoms with Crippen LogP contribution < -0.4 is 11.1 Å². The van der Waals surface area contributed by atoms with Crippen molar-refractivity contribution in [2.75, 3.05) is 11.1 Å². The van der Waals surface area contributed by atoms with Crippen LogP contribution in [0, 0.1) is 0 Å². The number of halogens is 1. The van der Waals surface area contributed by atoms with E-state index in [1.807, 2.05) is 17.5 Å². The first-order chi connectivity index (χ1) is 9.04. The number of hydrogen-bond acceptors (Lipinski definition) is 4. The lowest BCUT2D eigenvalue weighted by atomic mass is 10.1. The molecule has 0 fully saturated rings. The van der Waals surface area contributed by atoms with Crippen molar-refractivity contribution in [1.29, 1.82) is 0 Å². The summed E-state index contributed by atoms with van der Waals surface area (Å²) < 4.78 is 0. The first-order valence-corrected chi connectivity index (χ1v) is 7.02. The van der Waals surface area contributed by atoms with Crippen molar-refractivity contribution in [3.05, 3.63) is 40.9 Å². The van der Waals surface area contributed by atoms with Crippen molar-refractivity contribution in [3.8, 4) is 0 Å². The molecule has 0 aliphatic carbocycles. The third kappa shape index (κ3) is 4.51. The summed E-state index contributed by atoms with van der Waals surface area (Å²) in [6.07, 6.45) is 0.330. The molecule has 0 atom stereocenters. The Balaban J connectivity index is 0.00000200. The average molecular weight is 312 g/mol. The van der Waals surface area contributed by atoms with Gasteiger partial charge in [0.15, 0.2) is 5.13 Å². The summed E-state index contributed by atoms with van der Waals surface area (Å²) in [6, 6.07) is 7.30. The summed E-state index contributed by atoms with van der Waals surface area (Å²) in [4.78, 5) is 16.2. The number of nitrogens with one attached hydrogen (secondary N) is 1. The van der Waals surface area contributed by atoms with Gasteiger partial charge in [-0.2, -0.15) is 0 Å². The highest BCUT2D eigenvalue weighted by molar-refractivity contribution is 7.13. The van der Waals surface area contributed by atoms with E-state index in [1.54, 1.807) is 12.1 Å². The highest BCUT2D eigenvalue weighted by atomic mass is 35.5. The topological polar surface area (TPSA) is 68.0 Å². The molecule has 6 heteroatoms. The van der Waals surface area contributed by atoms with Crippen LogP contribution in [0.3, 0.4) is 0 Å². The van der Waals surface area contributed by atoms with E-state index in [1.165, 1.54) is 11.3 Å². The Hall–Kier alpha value is -1.59. The number of anilines is 2. The van der Waals surface area contributed by atoms with Gasteiger partial charge in [-0.3, -0.25) is 4.79 Å². The Morgan fingerprint density at radius 2 is 2.00 bits per heavy atom. The van der Waals surface area contributed by atoms with Crippen molar-refractivity contribution < 1.29 is 4.79 Å². The molecular formula is C14H18ClN3OS. The summed E-state index contributed by atoms with van der Waals surface area (Å²) in [6.45, 7) is 4.16. The summed E-state index contributed by atoms with van der Waals surface area (Å²) in [5, 5.41) is 5.45. The smallest absolute Gasteiger partial charge is 0.230 e. The number of rotatable bonds is 4. The summed E-state index contributed by atoms with van der Waals surface area (Å²) in [7, 11) is 0. The van der Waals surface area contributed by atoms with Crippen LogP contribution in [-0.4, -0.2) is 10.9 Å². The van der Waals surface area contributed by atoms with Gasteiger partial charge >= 0.3 is 0 Å². The fourth-order valence-corrected chi connectivity index (χ4v) is 2.48. The summed E-state index contributed by atoms with van der Waals surface area (Å²) in [5.74, 6) is 0.313. The zero-order valence-electron chi connectivity index (χ0n) is 11.4. The molecule has 0 aliphatic rings. The van der Waals surface area contributed by atoms with Crippen LogP contribution in [0.5, 0.6) is 0 Å². The number of thiazole rings is 1. The Labute approximate surface area is 128 Å². The van der Waals surface area contributed by atoms with Crippen molar-refractivity contribution >= 4 is 40.5 Å². The minimum Gasteiger partial charge on any atom is -0.399 e. The number of nitrogen functional groups attached to an aromatic ring is 1. The predicted molar refractivity (Wildman–Crippen MR) is 86.6 cm³/mol. The first kappa shape index (κ1) is 16.5. The lowest BCUT2D eigenvalue weighted by Gasteiger charge is -2.03. The second-order valence-corrected chi connectivity index (χ2v) is 5.56. The molecule has 1 aromatic heterocycles. The second-order valence-electron chi connectivity index (χ2n) is 4.70. The third-order valence-corrected chi connectivity index (χ3v) is 3.48. The lowest BCUT2D eigenvalue weighted by molar-refractivity contribution is -0.115. The van der Waals surface area contributed by atoms with Crippen molar-refractivity contribution in [2.24, 2.45) is 0 Å². The molecule has 4 nitrogen and oxygen atoms in total. The summed E-state index contributed by atoms with van der Waals surface area (Å²) in [5.41, 5.74) is 8.25. The maximum Gasteiger partial charge on any atom is 0.230 e. The number of aromatic nitrogens is 1. The van der Waals surface area contributed by atoms with E-state index in [2.05, 4.69) is 24.1 Å². The van der Waals surface area contributed by atoms with Gasteiger partial charge in [0.25, 0.3) is 0 Å². The Bertz CT molecular complexity index is 566. The largest absolute Gasteiger partial charge is 0.399 e. The number of hydrogen-bond donors (Lipinski definition) is 2. The normalized spacial score (nSPS) is 10.2. The van der Waals surface area contributed by atoms with Gasteiger partial charge in [-0.15, -0.1) is 23.7 Å². The Morgan fingerprint density at radius 1 is 1.35 bits per heavy atom.